The van der Waals surface area contributed by atoms with Crippen molar-refractivity contribution in [2.75, 3.05) is 12.4 Å². The number of carbonyl (C=O) groups is 1. The first-order valence-corrected chi connectivity index (χ1v) is 8.26. The Morgan fingerprint density at radius 2 is 2.31 bits per heavy atom. The van der Waals surface area contributed by atoms with Crippen LogP contribution in [0.4, 0.5) is 10.3 Å². The second-order valence-corrected chi connectivity index (χ2v) is 6.08. The second-order valence-electron chi connectivity index (χ2n) is 6.08. The van der Waals surface area contributed by atoms with Gasteiger partial charge in [-0.15, -0.1) is 5.10 Å². The molecule has 0 bridgehead atoms. The number of furan rings is 1. The van der Waals surface area contributed by atoms with Crippen molar-refractivity contribution in [3.8, 4) is 5.75 Å². The van der Waals surface area contributed by atoms with Crippen LogP contribution in [-0.4, -0.2) is 27.8 Å². The van der Waals surface area contributed by atoms with Crippen molar-refractivity contribution in [2.45, 2.75) is 25.3 Å². The summed E-state index contributed by atoms with van der Waals surface area (Å²) in [7, 11) is 1.57. The van der Waals surface area contributed by atoms with Crippen molar-refractivity contribution in [1.82, 2.24) is 14.8 Å². The molecule has 0 aliphatic carbocycles. The van der Waals surface area contributed by atoms with Gasteiger partial charge in [0.05, 0.1) is 13.4 Å². The average molecular weight is 356 g/mol. The lowest BCUT2D eigenvalue weighted by Crippen LogP contribution is -2.19. The largest absolute Gasteiger partial charge is 0.496 e. The Balaban J connectivity index is 1.54. The summed E-state index contributed by atoms with van der Waals surface area (Å²) in [6.45, 7) is 0.628. The monoisotopic (exact) mass is 356 g/mol. The van der Waals surface area contributed by atoms with Crippen LogP contribution in [0.25, 0.3) is 0 Å². The molecule has 1 aliphatic rings. The summed E-state index contributed by atoms with van der Waals surface area (Å²) in [6, 6.07) is 7.74. The van der Waals surface area contributed by atoms with Gasteiger partial charge in [-0.1, -0.05) is 0 Å². The number of fused-ring (bicyclic) bond motifs is 1. The van der Waals surface area contributed by atoms with E-state index < -0.39 is 5.91 Å². The number of nitrogens with zero attached hydrogens (tertiary/aromatic N) is 3. The number of nitrogens with one attached hydrogen (secondary N) is 1. The molecule has 0 spiro atoms. The average Bonchev–Trinajstić information content (AvgIpc) is 3.30. The van der Waals surface area contributed by atoms with E-state index in [2.05, 4.69) is 15.4 Å². The fourth-order valence-electron chi connectivity index (χ4n) is 3.22. The molecule has 134 valence electrons. The minimum atomic E-state index is -0.402. The van der Waals surface area contributed by atoms with Crippen LogP contribution in [0.1, 0.15) is 34.3 Å². The number of aromatic nitrogens is 3. The highest BCUT2D eigenvalue weighted by Gasteiger charge is 2.26. The Hall–Kier alpha value is -3.16. The van der Waals surface area contributed by atoms with Crippen molar-refractivity contribution in [1.29, 1.82) is 0 Å². The zero-order valence-electron chi connectivity index (χ0n) is 14.1. The van der Waals surface area contributed by atoms with Crippen LogP contribution in [-0.2, 0) is 13.0 Å². The van der Waals surface area contributed by atoms with Gasteiger partial charge in [0.25, 0.3) is 5.91 Å². The minimum Gasteiger partial charge on any atom is -0.496 e. The molecule has 1 atom stereocenters. The van der Waals surface area contributed by atoms with E-state index in [9.17, 15) is 9.18 Å². The van der Waals surface area contributed by atoms with Gasteiger partial charge in [0.2, 0.25) is 5.95 Å². The van der Waals surface area contributed by atoms with E-state index >= 15 is 0 Å². The maximum Gasteiger partial charge on any atom is 0.293 e. The molecule has 1 aromatic carbocycles. The van der Waals surface area contributed by atoms with Gasteiger partial charge in [0, 0.05) is 18.5 Å². The molecule has 3 heterocycles. The number of methoxy groups -OCH3 is 1. The number of halogens is 1. The van der Waals surface area contributed by atoms with Crippen molar-refractivity contribution >= 4 is 11.9 Å². The molecule has 7 nitrogen and oxygen atoms in total. The van der Waals surface area contributed by atoms with Crippen LogP contribution in [0.2, 0.25) is 0 Å². The molecule has 1 amide bonds. The van der Waals surface area contributed by atoms with Crippen molar-refractivity contribution in [3.63, 3.8) is 0 Å². The SMILES string of the molecule is COc1ccc(F)cc1C1CCn2nc(NC(=O)c3ccco3)nc2C1. The molecule has 1 N–H and O–H groups in total. The zero-order chi connectivity index (χ0) is 18.1. The molecular formula is C18H17FN4O3. The van der Waals surface area contributed by atoms with E-state index in [0.29, 0.717) is 18.7 Å². The van der Waals surface area contributed by atoms with Crippen LogP contribution in [0.5, 0.6) is 5.75 Å². The Morgan fingerprint density at radius 3 is 3.08 bits per heavy atom. The van der Waals surface area contributed by atoms with Gasteiger partial charge in [-0.05, 0) is 42.7 Å². The molecule has 26 heavy (non-hydrogen) atoms. The number of amides is 1. The topological polar surface area (TPSA) is 82.2 Å². The van der Waals surface area contributed by atoms with Gasteiger partial charge in [0.1, 0.15) is 17.4 Å². The molecule has 4 rings (SSSR count). The molecule has 3 aromatic rings. The molecule has 2 aromatic heterocycles. The lowest BCUT2D eigenvalue weighted by Gasteiger charge is -2.24. The summed E-state index contributed by atoms with van der Waals surface area (Å²) in [5.41, 5.74) is 0.822. The number of hydrogen-bond acceptors (Lipinski definition) is 5. The van der Waals surface area contributed by atoms with Gasteiger partial charge >= 0.3 is 0 Å². The first kappa shape index (κ1) is 16.3. The molecule has 0 saturated heterocycles. The van der Waals surface area contributed by atoms with Crippen LogP contribution < -0.4 is 10.1 Å². The van der Waals surface area contributed by atoms with Gasteiger partial charge < -0.3 is 9.15 Å². The van der Waals surface area contributed by atoms with E-state index in [1.807, 2.05) is 0 Å². The number of carbonyl (C=O) groups excluding carboxylic acids is 1. The summed E-state index contributed by atoms with van der Waals surface area (Å²) >= 11 is 0. The van der Waals surface area contributed by atoms with E-state index in [4.69, 9.17) is 9.15 Å². The van der Waals surface area contributed by atoms with E-state index in [1.54, 1.807) is 30.0 Å². The smallest absolute Gasteiger partial charge is 0.293 e. The van der Waals surface area contributed by atoms with Gasteiger partial charge in [-0.25, -0.2) is 9.07 Å². The Kier molecular flexibility index (Phi) is 4.16. The first-order chi connectivity index (χ1) is 12.6. The zero-order valence-corrected chi connectivity index (χ0v) is 14.1. The third-order valence-electron chi connectivity index (χ3n) is 4.47. The maximum absolute atomic E-state index is 13.7. The second kappa shape index (κ2) is 6.62. The van der Waals surface area contributed by atoms with Crippen molar-refractivity contribution in [3.05, 3.63) is 59.6 Å². The predicted octanol–water partition coefficient (Wildman–Crippen LogP) is 3.00. The van der Waals surface area contributed by atoms with E-state index in [1.165, 1.54) is 18.4 Å². The van der Waals surface area contributed by atoms with Crippen LogP contribution in [0.3, 0.4) is 0 Å². The number of rotatable bonds is 4. The summed E-state index contributed by atoms with van der Waals surface area (Å²) in [5.74, 6) is 1.21. The fraction of sp³-hybridized carbons (Fsp3) is 0.278. The molecule has 0 radical (unpaired) electrons. The lowest BCUT2D eigenvalue weighted by atomic mass is 9.89. The molecule has 0 saturated carbocycles. The van der Waals surface area contributed by atoms with E-state index in [-0.39, 0.29) is 23.4 Å². The summed E-state index contributed by atoms with van der Waals surface area (Å²) in [5, 5.41) is 6.94. The Bertz CT molecular complexity index is 936. The standard InChI is InChI=1S/C18H17FN4O3/c1-25-14-5-4-12(19)10-13(14)11-6-7-23-16(9-11)20-18(22-23)21-17(24)15-3-2-8-26-15/h2-5,8,10-11H,6-7,9H2,1H3,(H,21,22,24). The highest BCUT2D eigenvalue weighted by atomic mass is 19.1. The first-order valence-electron chi connectivity index (χ1n) is 8.26. The third kappa shape index (κ3) is 3.05. The maximum atomic E-state index is 13.7. The number of ether oxygens (including phenoxy) is 1. The Labute approximate surface area is 148 Å². The van der Waals surface area contributed by atoms with Crippen LogP contribution in [0, 0.1) is 5.82 Å². The summed E-state index contributed by atoms with van der Waals surface area (Å²) in [6.07, 6.45) is 2.79. The highest BCUT2D eigenvalue weighted by molar-refractivity contribution is 6.01. The predicted molar refractivity (Wildman–Crippen MR) is 90.7 cm³/mol. The molecule has 8 heteroatoms. The Morgan fingerprint density at radius 1 is 1.42 bits per heavy atom. The molecular weight excluding hydrogens is 339 g/mol. The van der Waals surface area contributed by atoms with Crippen molar-refractivity contribution in [2.24, 2.45) is 0 Å². The minimum absolute atomic E-state index is 0.0750. The number of hydrogen-bond donors (Lipinski definition) is 1. The number of benzene rings is 1. The van der Waals surface area contributed by atoms with Gasteiger partial charge in [-0.2, -0.15) is 4.98 Å². The van der Waals surface area contributed by atoms with Gasteiger partial charge in [-0.3, -0.25) is 10.1 Å². The number of anilines is 1. The molecule has 1 aliphatic heterocycles. The fourth-order valence-corrected chi connectivity index (χ4v) is 3.22. The molecule has 0 fully saturated rings. The number of aryl methyl sites for hydroxylation is 1. The quantitative estimate of drug-likeness (QED) is 0.777. The lowest BCUT2D eigenvalue weighted by molar-refractivity contribution is 0.0996. The van der Waals surface area contributed by atoms with Crippen LogP contribution in [0.15, 0.2) is 41.0 Å². The summed E-state index contributed by atoms with van der Waals surface area (Å²) < 4.78 is 25.9. The highest BCUT2D eigenvalue weighted by Crippen LogP contribution is 2.35. The van der Waals surface area contributed by atoms with E-state index in [0.717, 1.165) is 17.8 Å². The summed E-state index contributed by atoms with van der Waals surface area (Å²) in [4.78, 5) is 16.4. The third-order valence-corrected chi connectivity index (χ3v) is 4.47. The van der Waals surface area contributed by atoms with Crippen molar-refractivity contribution < 1.29 is 18.3 Å². The van der Waals surface area contributed by atoms with Crippen LogP contribution >= 0.6 is 0 Å². The molecule has 1 unspecified atom stereocenters. The van der Waals surface area contributed by atoms with Gasteiger partial charge in [0.15, 0.2) is 5.76 Å². The normalized spacial score (nSPS) is 16.2.